The molecule has 2 N–H and O–H groups in total. The number of ether oxygens (including phenoxy) is 2. The molecule has 0 amide bonds. The van der Waals surface area contributed by atoms with E-state index in [4.69, 9.17) is 9.47 Å². The molecule has 0 aliphatic carbocycles. The van der Waals surface area contributed by atoms with Crippen molar-refractivity contribution in [2.75, 3.05) is 0 Å². The first kappa shape index (κ1) is 19.8. The second-order valence-electron chi connectivity index (χ2n) is 6.64. The Bertz CT molecular complexity index is 679. The van der Waals surface area contributed by atoms with Crippen molar-refractivity contribution >= 4 is 18.0 Å². The van der Waals surface area contributed by atoms with Gasteiger partial charge in [0.05, 0.1) is 6.10 Å². The van der Waals surface area contributed by atoms with Gasteiger partial charge in [-0.3, -0.25) is 4.79 Å². The number of hydrogen-bond donors (Lipinski definition) is 2. The van der Waals surface area contributed by atoms with Crippen LogP contribution in [0.15, 0.2) is 18.2 Å². The Morgan fingerprint density at radius 1 is 1.19 bits per heavy atom. The van der Waals surface area contributed by atoms with Gasteiger partial charge in [0.1, 0.15) is 23.2 Å². The molecule has 26 heavy (non-hydrogen) atoms. The topological polar surface area (TPSA) is 93.1 Å². The summed E-state index contributed by atoms with van der Waals surface area (Å²) in [4.78, 5) is 23.7. The molecular weight excluding hydrogens is 336 g/mol. The van der Waals surface area contributed by atoms with Gasteiger partial charge in [0.15, 0.2) is 0 Å². The van der Waals surface area contributed by atoms with Crippen LogP contribution in [0.2, 0.25) is 0 Å². The number of phenols is 2. The molecule has 2 atom stereocenters. The molecule has 0 spiro atoms. The summed E-state index contributed by atoms with van der Waals surface area (Å²) in [5.74, 6) is -1.33. The largest absolute Gasteiger partial charge is 0.508 e. The van der Waals surface area contributed by atoms with Gasteiger partial charge in [0.2, 0.25) is 0 Å². The number of aromatic hydroxyl groups is 2. The Balaban J connectivity index is 2.23. The lowest BCUT2D eigenvalue weighted by Gasteiger charge is -2.19. The van der Waals surface area contributed by atoms with E-state index >= 15 is 0 Å². The molecule has 1 aromatic carbocycles. The average molecular weight is 362 g/mol. The summed E-state index contributed by atoms with van der Waals surface area (Å²) >= 11 is 0. The number of rotatable bonds is 1. The van der Waals surface area contributed by atoms with E-state index in [1.54, 1.807) is 13.0 Å². The molecule has 1 aromatic rings. The summed E-state index contributed by atoms with van der Waals surface area (Å²) in [6.45, 7) is 3.20. The van der Waals surface area contributed by atoms with Gasteiger partial charge in [-0.2, -0.15) is 0 Å². The van der Waals surface area contributed by atoms with Gasteiger partial charge in [-0.1, -0.05) is 12.2 Å². The van der Waals surface area contributed by atoms with Crippen molar-refractivity contribution in [2.45, 2.75) is 64.6 Å². The zero-order chi connectivity index (χ0) is 19.1. The van der Waals surface area contributed by atoms with Gasteiger partial charge < -0.3 is 19.7 Å². The summed E-state index contributed by atoms with van der Waals surface area (Å²) in [6.07, 6.45) is 7.51. The minimum Gasteiger partial charge on any atom is -0.508 e. The number of carbonyl (C=O) groups is 2. The Kier molecular flexibility index (Phi) is 7.06. The van der Waals surface area contributed by atoms with E-state index in [1.165, 1.54) is 13.0 Å². The van der Waals surface area contributed by atoms with Gasteiger partial charge in [-0.25, -0.2) is 4.79 Å². The predicted octanol–water partition coefficient (Wildman–Crippen LogP) is 3.94. The molecule has 0 unspecified atom stereocenters. The van der Waals surface area contributed by atoms with Crippen LogP contribution in [-0.2, 0) is 14.3 Å². The number of allylic oxidation sites excluding steroid dienone is 1. The maximum atomic E-state index is 12.5. The van der Waals surface area contributed by atoms with Crippen LogP contribution < -0.4 is 0 Å². The number of cyclic esters (lactones) is 1. The maximum absolute atomic E-state index is 12.5. The van der Waals surface area contributed by atoms with Crippen molar-refractivity contribution in [1.29, 1.82) is 0 Å². The van der Waals surface area contributed by atoms with Gasteiger partial charge >= 0.3 is 11.9 Å². The quantitative estimate of drug-likeness (QED) is 0.735. The Morgan fingerprint density at radius 3 is 2.65 bits per heavy atom. The zero-order valence-corrected chi connectivity index (χ0v) is 15.2. The first-order chi connectivity index (χ1) is 12.4. The molecule has 1 aliphatic rings. The second kappa shape index (κ2) is 9.27. The monoisotopic (exact) mass is 362 g/mol. The average Bonchev–Trinajstić information content (AvgIpc) is 2.52. The van der Waals surface area contributed by atoms with Gasteiger partial charge in [-0.05, 0) is 57.1 Å². The zero-order valence-electron chi connectivity index (χ0n) is 15.2. The van der Waals surface area contributed by atoms with Crippen molar-refractivity contribution in [3.63, 3.8) is 0 Å². The third-order valence-electron chi connectivity index (χ3n) is 4.31. The summed E-state index contributed by atoms with van der Waals surface area (Å²) in [5, 5.41) is 19.8. The Hall–Kier alpha value is -2.50. The number of benzene rings is 1. The van der Waals surface area contributed by atoms with Crippen LogP contribution in [0.5, 0.6) is 11.5 Å². The number of hydrogen-bond acceptors (Lipinski definition) is 6. The lowest BCUT2D eigenvalue weighted by molar-refractivity contribution is -0.147. The molecule has 142 valence electrons. The van der Waals surface area contributed by atoms with Crippen LogP contribution in [0.4, 0.5) is 0 Å². The van der Waals surface area contributed by atoms with E-state index in [1.807, 2.05) is 6.08 Å². The van der Waals surface area contributed by atoms with Crippen LogP contribution in [0.25, 0.3) is 6.08 Å². The molecule has 0 radical (unpaired) electrons. The summed E-state index contributed by atoms with van der Waals surface area (Å²) in [6, 6.07) is 2.55. The van der Waals surface area contributed by atoms with Crippen LogP contribution in [-0.4, -0.2) is 34.4 Å². The smallest absolute Gasteiger partial charge is 0.342 e. The van der Waals surface area contributed by atoms with Crippen LogP contribution >= 0.6 is 0 Å². The van der Waals surface area contributed by atoms with Crippen molar-refractivity contribution in [1.82, 2.24) is 0 Å². The molecule has 0 fully saturated rings. The summed E-state index contributed by atoms with van der Waals surface area (Å²) < 4.78 is 10.8. The van der Waals surface area contributed by atoms with Crippen LogP contribution in [0.3, 0.4) is 0 Å². The van der Waals surface area contributed by atoms with Crippen LogP contribution in [0.1, 0.15) is 68.3 Å². The van der Waals surface area contributed by atoms with Gasteiger partial charge in [-0.15, -0.1) is 0 Å². The van der Waals surface area contributed by atoms with Gasteiger partial charge in [0, 0.05) is 13.0 Å². The molecule has 6 nitrogen and oxygen atoms in total. The van der Waals surface area contributed by atoms with Gasteiger partial charge in [0.25, 0.3) is 0 Å². The van der Waals surface area contributed by atoms with Crippen molar-refractivity contribution in [3.8, 4) is 11.5 Å². The number of phenolic OH excluding ortho intramolecular Hbond substituents is 2. The predicted molar refractivity (Wildman–Crippen MR) is 96.9 cm³/mol. The number of carbonyl (C=O) groups excluding carboxylic acids is 2. The van der Waals surface area contributed by atoms with E-state index in [0.717, 1.165) is 38.2 Å². The molecule has 6 heteroatoms. The lowest BCUT2D eigenvalue weighted by Crippen LogP contribution is -2.19. The molecule has 1 aliphatic heterocycles. The normalized spacial score (nSPS) is 23.2. The summed E-state index contributed by atoms with van der Waals surface area (Å²) in [7, 11) is 0. The third kappa shape index (κ3) is 5.79. The highest BCUT2D eigenvalue weighted by atomic mass is 16.5. The lowest BCUT2D eigenvalue weighted by atomic mass is 10.0. The third-order valence-corrected chi connectivity index (χ3v) is 4.31. The molecule has 1 heterocycles. The fraction of sp³-hybridized carbons (Fsp3) is 0.500. The standard InChI is InChI=1S/C20H26O6/c1-13-7-6-10-17(26-14(2)21)9-5-3-4-8-15-11-16(22)12-18(23)19(15)20(24)25-13/h4,8,11-13,17,22-23H,3,5-7,9-10H2,1-2H3/b8-4+/t13-,17-/m0/s1. The number of fused-ring (bicyclic) bond motifs is 1. The fourth-order valence-electron chi connectivity index (χ4n) is 3.09. The van der Waals surface area contributed by atoms with E-state index in [-0.39, 0.29) is 35.2 Å². The minimum absolute atomic E-state index is 0.0562. The minimum atomic E-state index is -0.622. The molecule has 2 rings (SSSR count). The maximum Gasteiger partial charge on any atom is 0.342 e. The Morgan fingerprint density at radius 2 is 1.92 bits per heavy atom. The first-order valence-electron chi connectivity index (χ1n) is 8.97. The van der Waals surface area contributed by atoms with Crippen LogP contribution in [0, 0.1) is 0 Å². The SMILES string of the molecule is CC(=O)O[C@H]1CCC/C=C/c2cc(O)cc(O)c2C(=O)O[C@@H](C)CCC1. The van der Waals surface area contributed by atoms with E-state index in [9.17, 15) is 19.8 Å². The van der Waals surface area contributed by atoms with E-state index < -0.39 is 5.97 Å². The molecule has 0 bridgehead atoms. The van der Waals surface area contributed by atoms with Crippen molar-refractivity contribution in [3.05, 3.63) is 29.3 Å². The molecule has 0 aromatic heterocycles. The molecular formula is C20H26O6. The highest BCUT2D eigenvalue weighted by Crippen LogP contribution is 2.30. The Labute approximate surface area is 153 Å². The highest BCUT2D eigenvalue weighted by molar-refractivity contribution is 5.97. The van der Waals surface area contributed by atoms with Crippen molar-refractivity contribution < 1.29 is 29.3 Å². The fourth-order valence-corrected chi connectivity index (χ4v) is 3.09. The van der Waals surface area contributed by atoms with Crippen molar-refractivity contribution in [2.24, 2.45) is 0 Å². The molecule has 0 saturated heterocycles. The van der Waals surface area contributed by atoms with E-state index in [2.05, 4.69) is 0 Å². The van der Waals surface area contributed by atoms with E-state index in [0.29, 0.717) is 12.0 Å². The highest BCUT2D eigenvalue weighted by Gasteiger charge is 2.21. The first-order valence-corrected chi connectivity index (χ1v) is 8.97. The second-order valence-corrected chi connectivity index (χ2v) is 6.64. The number of esters is 2. The summed E-state index contributed by atoms with van der Waals surface area (Å²) in [5.41, 5.74) is 0.467. The molecule has 0 saturated carbocycles.